The van der Waals surface area contributed by atoms with Crippen LogP contribution in [-0.4, -0.2) is 76.8 Å². The van der Waals surface area contributed by atoms with Crippen molar-refractivity contribution in [2.45, 2.75) is 19.4 Å². The molecule has 1 aliphatic rings. The molecule has 2 N–H and O–H groups in total. The van der Waals surface area contributed by atoms with Crippen molar-refractivity contribution in [2.75, 3.05) is 56.3 Å². The molecule has 0 saturated carbocycles. The van der Waals surface area contributed by atoms with Gasteiger partial charge in [-0.05, 0) is 25.5 Å². The van der Waals surface area contributed by atoms with Crippen molar-refractivity contribution in [3.05, 3.63) is 24.1 Å². The Morgan fingerprint density at radius 2 is 2.25 bits per heavy atom. The normalized spacial score (nSPS) is 17.3. The molecule has 1 saturated heterocycles. The molecule has 2 heterocycles. The molecule has 2 rings (SSSR count). The van der Waals surface area contributed by atoms with E-state index < -0.39 is 9.84 Å². The molecule has 0 aliphatic carbocycles. The van der Waals surface area contributed by atoms with Gasteiger partial charge in [-0.2, -0.15) is 0 Å². The summed E-state index contributed by atoms with van der Waals surface area (Å²) in [7, 11) is -3.01. The molecule has 0 radical (unpaired) electrons. The quantitative estimate of drug-likeness (QED) is 0.214. The average molecular weight is 529 g/mol. The summed E-state index contributed by atoms with van der Waals surface area (Å²) in [5.74, 6) is 0.738. The molecule has 1 atom stereocenters. The maximum atomic E-state index is 13.9. The molecule has 1 unspecified atom stereocenters. The lowest BCUT2D eigenvalue weighted by atomic mass is 10.3. The maximum absolute atomic E-state index is 13.9. The summed E-state index contributed by atoms with van der Waals surface area (Å²) in [5, 5.41) is 6.52. The number of aliphatic imine (C=N–C) groups is 1. The number of rotatable bonds is 9. The summed E-state index contributed by atoms with van der Waals surface area (Å²) in [6, 6.07) is 3.13. The van der Waals surface area contributed by atoms with Crippen LogP contribution >= 0.6 is 24.0 Å². The highest BCUT2D eigenvalue weighted by Gasteiger charge is 2.25. The van der Waals surface area contributed by atoms with E-state index in [4.69, 9.17) is 4.74 Å². The minimum atomic E-state index is -3.01. The molecule has 0 amide bonds. The Bertz CT molecular complexity index is 735. The largest absolute Gasteiger partial charge is 0.378 e. The van der Waals surface area contributed by atoms with E-state index in [0.717, 1.165) is 13.0 Å². The minimum absolute atomic E-state index is 0. The standard InChI is InChI=1S/C17H28FN5O3S.HI/c1-3-19-17(21-8-10-26-11-12-27(2,24)25)22-14-6-9-23(13-14)16-15(18)5-4-7-20-16;/h4-5,7,14H,3,6,8-13H2,1-2H3,(H2,19,21,22);1H. The molecule has 1 aromatic rings. The second-order valence-electron chi connectivity index (χ2n) is 6.39. The molecule has 0 aromatic carbocycles. The van der Waals surface area contributed by atoms with E-state index in [-0.39, 0.29) is 48.2 Å². The maximum Gasteiger partial charge on any atom is 0.191 e. The highest BCUT2D eigenvalue weighted by Crippen LogP contribution is 2.20. The number of sulfone groups is 1. The Morgan fingerprint density at radius 1 is 1.46 bits per heavy atom. The highest BCUT2D eigenvalue weighted by atomic mass is 127. The van der Waals surface area contributed by atoms with Crippen LogP contribution in [-0.2, 0) is 14.6 Å². The van der Waals surface area contributed by atoms with Gasteiger partial charge < -0.3 is 20.3 Å². The number of hydrogen-bond donors (Lipinski definition) is 2. The minimum Gasteiger partial charge on any atom is -0.378 e. The average Bonchev–Trinajstić information content (AvgIpc) is 3.06. The van der Waals surface area contributed by atoms with Gasteiger partial charge in [-0.3, -0.25) is 4.99 Å². The van der Waals surface area contributed by atoms with Crippen molar-refractivity contribution < 1.29 is 17.5 Å². The van der Waals surface area contributed by atoms with Gasteiger partial charge in [0.1, 0.15) is 9.84 Å². The zero-order chi connectivity index (χ0) is 19.7. The van der Waals surface area contributed by atoms with Gasteiger partial charge in [0.15, 0.2) is 17.6 Å². The summed E-state index contributed by atoms with van der Waals surface area (Å²) in [6.07, 6.45) is 3.63. The van der Waals surface area contributed by atoms with E-state index >= 15 is 0 Å². The molecule has 8 nitrogen and oxygen atoms in total. The number of aromatic nitrogens is 1. The molecular formula is C17H29FIN5O3S. The lowest BCUT2D eigenvalue weighted by molar-refractivity contribution is 0.157. The van der Waals surface area contributed by atoms with Gasteiger partial charge in [0, 0.05) is 38.1 Å². The van der Waals surface area contributed by atoms with Crippen LogP contribution in [0.15, 0.2) is 23.3 Å². The van der Waals surface area contributed by atoms with E-state index in [2.05, 4.69) is 20.6 Å². The van der Waals surface area contributed by atoms with E-state index in [1.165, 1.54) is 12.3 Å². The number of anilines is 1. The number of ether oxygens (including phenoxy) is 1. The number of nitrogens with zero attached hydrogens (tertiary/aromatic N) is 3. The third kappa shape index (κ3) is 8.86. The topological polar surface area (TPSA) is 95.9 Å². The molecule has 1 aromatic heterocycles. The lowest BCUT2D eigenvalue weighted by Gasteiger charge is -2.19. The van der Waals surface area contributed by atoms with Crippen molar-refractivity contribution >= 4 is 45.6 Å². The van der Waals surface area contributed by atoms with Gasteiger partial charge in [-0.25, -0.2) is 17.8 Å². The van der Waals surface area contributed by atoms with Crippen LogP contribution in [0.2, 0.25) is 0 Å². The molecule has 1 aliphatic heterocycles. The summed E-state index contributed by atoms with van der Waals surface area (Å²) < 4.78 is 41.3. The van der Waals surface area contributed by atoms with Gasteiger partial charge in [-0.1, -0.05) is 0 Å². The van der Waals surface area contributed by atoms with Crippen molar-refractivity contribution in [3.63, 3.8) is 0 Å². The number of guanidine groups is 1. The fourth-order valence-electron chi connectivity index (χ4n) is 2.73. The van der Waals surface area contributed by atoms with Crippen LogP contribution in [0, 0.1) is 5.82 Å². The summed E-state index contributed by atoms with van der Waals surface area (Å²) in [4.78, 5) is 10.5. The van der Waals surface area contributed by atoms with Crippen molar-refractivity contribution in [1.29, 1.82) is 0 Å². The van der Waals surface area contributed by atoms with Crippen molar-refractivity contribution in [3.8, 4) is 0 Å². The zero-order valence-corrected chi connectivity index (χ0v) is 19.4. The number of nitrogens with one attached hydrogen (secondary N) is 2. The molecule has 0 spiro atoms. The molecule has 28 heavy (non-hydrogen) atoms. The Kier molecular flexibility index (Phi) is 11.0. The lowest BCUT2D eigenvalue weighted by Crippen LogP contribution is -2.44. The first kappa shape index (κ1) is 24.8. The summed E-state index contributed by atoms with van der Waals surface area (Å²) >= 11 is 0. The van der Waals surface area contributed by atoms with Crippen LogP contribution in [0.4, 0.5) is 10.2 Å². The predicted molar refractivity (Wildman–Crippen MR) is 120 cm³/mol. The fraction of sp³-hybridized carbons (Fsp3) is 0.647. The summed E-state index contributed by atoms with van der Waals surface area (Å²) in [6.45, 7) is 5.00. The second kappa shape index (κ2) is 12.4. The van der Waals surface area contributed by atoms with Crippen LogP contribution in [0.5, 0.6) is 0 Å². The number of halogens is 2. The van der Waals surface area contributed by atoms with Gasteiger partial charge in [0.05, 0.1) is 25.5 Å². The SMILES string of the molecule is CCNC(=NCCOCCS(C)(=O)=O)NC1CCN(c2ncccc2F)C1.I. The smallest absolute Gasteiger partial charge is 0.191 e. The first-order valence-electron chi connectivity index (χ1n) is 9.05. The Morgan fingerprint density at radius 3 is 2.93 bits per heavy atom. The van der Waals surface area contributed by atoms with Crippen LogP contribution in [0.1, 0.15) is 13.3 Å². The fourth-order valence-corrected chi connectivity index (χ4v) is 3.15. The highest BCUT2D eigenvalue weighted by molar-refractivity contribution is 14.0. The molecule has 11 heteroatoms. The third-order valence-corrected chi connectivity index (χ3v) is 4.92. The Labute approximate surface area is 183 Å². The third-order valence-electron chi connectivity index (χ3n) is 4.02. The van der Waals surface area contributed by atoms with Gasteiger partial charge in [0.25, 0.3) is 0 Å². The summed E-state index contributed by atoms with van der Waals surface area (Å²) in [5.41, 5.74) is 0. The number of pyridine rings is 1. The van der Waals surface area contributed by atoms with Crippen molar-refractivity contribution in [1.82, 2.24) is 15.6 Å². The first-order chi connectivity index (χ1) is 12.9. The van der Waals surface area contributed by atoms with E-state index in [0.29, 0.717) is 38.0 Å². The molecule has 0 bridgehead atoms. The van der Waals surface area contributed by atoms with Gasteiger partial charge in [-0.15, -0.1) is 24.0 Å². The van der Waals surface area contributed by atoms with Crippen LogP contribution in [0.3, 0.4) is 0 Å². The Balaban J connectivity index is 0.00000392. The number of hydrogen-bond acceptors (Lipinski definition) is 6. The van der Waals surface area contributed by atoms with E-state index in [9.17, 15) is 12.8 Å². The van der Waals surface area contributed by atoms with Gasteiger partial charge >= 0.3 is 0 Å². The first-order valence-corrected chi connectivity index (χ1v) is 11.1. The molecular weight excluding hydrogens is 500 g/mol. The molecule has 1 fully saturated rings. The predicted octanol–water partition coefficient (Wildman–Crippen LogP) is 1.03. The van der Waals surface area contributed by atoms with Crippen LogP contribution < -0.4 is 15.5 Å². The van der Waals surface area contributed by atoms with E-state index in [1.807, 2.05) is 11.8 Å². The van der Waals surface area contributed by atoms with Crippen LogP contribution in [0.25, 0.3) is 0 Å². The molecule has 160 valence electrons. The second-order valence-corrected chi connectivity index (χ2v) is 8.65. The van der Waals surface area contributed by atoms with Crippen molar-refractivity contribution in [2.24, 2.45) is 4.99 Å². The van der Waals surface area contributed by atoms with E-state index in [1.54, 1.807) is 12.3 Å². The monoisotopic (exact) mass is 529 g/mol. The Hall–Kier alpha value is -1.21. The van der Waals surface area contributed by atoms with Gasteiger partial charge in [0.2, 0.25) is 0 Å². The zero-order valence-electron chi connectivity index (χ0n) is 16.2.